The predicted octanol–water partition coefficient (Wildman–Crippen LogP) is 4.58. The van der Waals surface area contributed by atoms with Crippen LogP contribution in [0, 0.1) is 5.82 Å². The van der Waals surface area contributed by atoms with Crippen LogP contribution in [0.25, 0.3) is 0 Å². The molecule has 1 N–H and O–H groups in total. The third-order valence-corrected chi connectivity index (χ3v) is 3.29. The van der Waals surface area contributed by atoms with Gasteiger partial charge in [-0.25, -0.2) is 4.39 Å². The van der Waals surface area contributed by atoms with Crippen molar-refractivity contribution in [3.63, 3.8) is 0 Å². The maximum atomic E-state index is 13.4. The highest BCUT2D eigenvalue weighted by Gasteiger charge is 2.13. The zero-order chi connectivity index (χ0) is 13.1. The maximum Gasteiger partial charge on any atom is 0.142 e. The zero-order valence-electron chi connectivity index (χ0n) is 9.71. The third kappa shape index (κ3) is 3.05. The Morgan fingerprint density at radius 3 is 2.78 bits per heavy atom. The van der Waals surface area contributed by atoms with Crippen LogP contribution in [0.3, 0.4) is 0 Å². The van der Waals surface area contributed by atoms with Gasteiger partial charge in [-0.2, -0.15) is 0 Å². The fourth-order valence-corrected chi connectivity index (χ4v) is 2.19. The number of halogens is 3. The van der Waals surface area contributed by atoms with Gasteiger partial charge >= 0.3 is 0 Å². The van der Waals surface area contributed by atoms with E-state index in [9.17, 15) is 4.39 Å². The first-order valence-electron chi connectivity index (χ1n) is 5.48. The molecule has 1 atom stereocenters. The molecule has 1 aromatic carbocycles. The van der Waals surface area contributed by atoms with Crippen LogP contribution in [0.2, 0.25) is 10.0 Å². The van der Waals surface area contributed by atoms with Gasteiger partial charge in [0.2, 0.25) is 0 Å². The molecule has 0 amide bonds. The maximum absolute atomic E-state index is 13.4. The Hall–Kier alpha value is -1.03. The number of hydrogen-bond donors (Lipinski definition) is 1. The van der Waals surface area contributed by atoms with Crippen molar-refractivity contribution in [3.8, 4) is 0 Å². The van der Waals surface area contributed by atoms with Gasteiger partial charge in [-0.1, -0.05) is 23.2 Å². The molecular formula is C13H12Cl2FNO. The number of rotatable bonds is 4. The van der Waals surface area contributed by atoms with Crippen molar-refractivity contribution in [1.82, 2.24) is 5.32 Å². The Morgan fingerprint density at radius 1 is 1.33 bits per heavy atom. The first-order valence-corrected chi connectivity index (χ1v) is 6.23. The molecule has 0 aliphatic rings. The van der Waals surface area contributed by atoms with Crippen molar-refractivity contribution in [2.45, 2.75) is 19.5 Å². The van der Waals surface area contributed by atoms with Crippen molar-refractivity contribution >= 4 is 23.2 Å². The zero-order valence-corrected chi connectivity index (χ0v) is 11.2. The van der Waals surface area contributed by atoms with Gasteiger partial charge in [0.25, 0.3) is 0 Å². The number of hydrogen-bond acceptors (Lipinski definition) is 2. The fraction of sp³-hybridized carbons (Fsp3) is 0.231. The van der Waals surface area contributed by atoms with Crippen LogP contribution in [-0.2, 0) is 6.54 Å². The summed E-state index contributed by atoms with van der Waals surface area (Å²) in [5.74, 6) is 0.343. The average molecular weight is 288 g/mol. The summed E-state index contributed by atoms with van der Waals surface area (Å²) in [6.45, 7) is 2.45. The first kappa shape index (κ1) is 13.4. The molecule has 1 heterocycles. The van der Waals surface area contributed by atoms with Gasteiger partial charge in [-0.3, -0.25) is 0 Å². The van der Waals surface area contributed by atoms with Gasteiger partial charge in [0.1, 0.15) is 11.6 Å². The Balaban J connectivity index is 2.09. The Labute approximate surface area is 115 Å². The largest absolute Gasteiger partial charge is 0.468 e. The molecule has 1 aromatic heterocycles. The molecule has 0 radical (unpaired) electrons. The number of benzene rings is 1. The average Bonchev–Trinajstić information content (AvgIpc) is 2.84. The van der Waals surface area contributed by atoms with Crippen molar-refractivity contribution in [2.75, 3.05) is 0 Å². The second-order valence-electron chi connectivity index (χ2n) is 3.97. The molecule has 2 rings (SSSR count). The lowest BCUT2D eigenvalue weighted by molar-refractivity contribution is 0.460. The standard InChI is InChI=1S/C13H12Cl2FNO/c1-8(17-7-9-3-2-4-18-9)10-5-13(16)12(15)6-11(10)14/h2-6,8,17H,7H2,1H3. The van der Waals surface area contributed by atoms with E-state index in [-0.39, 0.29) is 11.1 Å². The molecular weight excluding hydrogens is 276 g/mol. The molecule has 0 spiro atoms. The van der Waals surface area contributed by atoms with E-state index in [4.69, 9.17) is 27.6 Å². The van der Waals surface area contributed by atoms with Gasteiger partial charge in [0, 0.05) is 11.1 Å². The molecule has 0 saturated heterocycles. The van der Waals surface area contributed by atoms with E-state index in [1.54, 1.807) is 6.26 Å². The van der Waals surface area contributed by atoms with Gasteiger partial charge < -0.3 is 9.73 Å². The third-order valence-electron chi connectivity index (χ3n) is 2.67. The van der Waals surface area contributed by atoms with Crippen LogP contribution in [-0.4, -0.2) is 0 Å². The van der Waals surface area contributed by atoms with Crippen LogP contribution in [0.4, 0.5) is 4.39 Å². The summed E-state index contributed by atoms with van der Waals surface area (Å²) in [7, 11) is 0. The monoisotopic (exact) mass is 287 g/mol. The summed E-state index contributed by atoms with van der Waals surface area (Å²) in [5.41, 5.74) is 0.671. The van der Waals surface area contributed by atoms with Gasteiger partial charge in [-0.15, -0.1) is 0 Å². The van der Waals surface area contributed by atoms with E-state index < -0.39 is 5.82 Å². The van der Waals surface area contributed by atoms with Crippen molar-refractivity contribution in [3.05, 3.63) is 57.7 Å². The molecule has 2 aromatic rings. The molecule has 0 aliphatic heterocycles. The second kappa shape index (κ2) is 5.74. The predicted molar refractivity (Wildman–Crippen MR) is 70.4 cm³/mol. The van der Waals surface area contributed by atoms with Crippen LogP contribution in [0.1, 0.15) is 24.3 Å². The van der Waals surface area contributed by atoms with Gasteiger partial charge in [0.05, 0.1) is 17.8 Å². The van der Waals surface area contributed by atoms with Crippen LogP contribution < -0.4 is 5.32 Å². The number of furan rings is 1. The smallest absolute Gasteiger partial charge is 0.142 e. The SMILES string of the molecule is CC(NCc1ccco1)c1cc(F)c(Cl)cc1Cl. The Bertz CT molecular complexity index is 528. The Kier molecular flexibility index (Phi) is 4.27. The first-order chi connectivity index (χ1) is 8.58. The van der Waals surface area contributed by atoms with Gasteiger partial charge in [0.15, 0.2) is 0 Å². The highest BCUT2D eigenvalue weighted by Crippen LogP contribution is 2.28. The summed E-state index contributed by atoms with van der Waals surface area (Å²) in [6.07, 6.45) is 1.61. The van der Waals surface area contributed by atoms with Crippen molar-refractivity contribution in [2.24, 2.45) is 0 Å². The Morgan fingerprint density at radius 2 is 2.11 bits per heavy atom. The molecule has 18 heavy (non-hydrogen) atoms. The molecule has 1 unspecified atom stereocenters. The van der Waals surface area contributed by atoms with E-state index in [1.807, 2.05) is 19.1 Å². The van der Waals surface area contributed by atoms with Crippen LogP contribution in [0.15, 0.2) is 34.9 Å². The second-order valence-corrected chi connectivity index (χ2v) is 4.78. The minimum absolute atomic E-state index is 0.0296. The van der Waals surface area contributed by atoms with Crippen molar-refractivity contribution < 1.29 is 8.81 Å². The molecule has 0 aliphatic carbocycles. The lowest BCUT2D eigenvalue weighted by Crippen LogP contribution is -2.18. The van der Waals surface area contributed by atoms with E-state index in [0.29, 0.717) is 17.1 Å². The highest BCUT2D eigenvalue weighted by molar-refractivity contribution is 6.35. The van der Waals surface area contributed by atoms with E-state index in [1.165, 1.54) is 12.1 Å². The lowest BCUT2D eigenvalue weighted by atomic mass is 10.1. The lowest BCUT2D eigenvalue weighted by Gasteiger charge is -2.15. The summed E-state index contributed by atoms with van der Waals surface area (Å²) < 4.78 is 18.6. The normalized spacial score (nSPS) is 12.7. The molecule has 0 fully saturated rings. The summed E-state index contributed by atoms with van der Waals surface area (Å²) in [4.78, 5) is 0. The molecule has 0 saturated carbocycles. The number of nitrogens with one attached hydrogen (secondary N) is 1. The van der Waals surface area contributed by atoms with Crippen LogP contribution >= 0.6 is 23.2 Å². The minimum Gasteiger partial charge on any atom is -0.468 e. The van der Waals surface area contributed by atoms with E-state index in [0.717, 1.165) is 5.76 Å². The molecule has 96 valence electrons. The molecule has 2 nitrogen and oxygen atoms in total. The van der Waals surface area contributed by atoms with E-state index in [2.05, 4.69) is 5.32 Å². The summed E-state index contributed by atoms with van der Waals surface area (Å²) in [5, 5.41) is 3.68. The van der Waals surface area contributed by atoms with Crippen molar-refractivity contribution in [1.29, 1.82) is 0 Å². The summed E-state index contributed by atoms with van der Waals surface area (Å²) >= 11 is 11.7. The topological polar surface area (TPSA) is 25.2 Å². The van der Waals surface area contributed by atoms with E-state index >= 15 is 0 Å². The highest BCUT2D eigenvalue weighted by atomic mass is 35.5. The fourth-order valence-electron chi connectivity index (χ4n) is 1.65. The quantitative estimate of drug-likeness (QED) is 0.833. The van der Waals surface area contributed by atoms with Gasteiger partial charge in [-0.05, 0) is 36.8 Å². The molecule has 0 bridgehead atoms. The minimum atomic E-state index is -0.470. The van der Waals surface area contributed by atoms with Crippen LogP contribution in [0.5, 0.6) is 0 Å². The summed E-state index contributed by atoms with van der Waals surface area (Å²) in [6, 6.07) is 6.35. The molecule has 5 heteroatoms.